The normalized spacial score (nSPS) is 32.5. The third kappa shape index (κ3) is 2.93. The molecule has 0 saturated carbocycles. The summed E-state index contributed by atoms with van der Waals surface area (Å²) in [6.07, 6.45) is 15.3. The summed E-state index contributed by atoms with van der Waals surface area (Å²) in [4.78, 5) is 4.56. The van der Waals surface area contributed by atoms with Crippen LogP contribution in [0.4, 0.5) is 0 Å². The molecule has 164 valence electrons. The monoisotopic (exact) mass is 422 g/mol. The second-order valence-electron chi connectivity index (χ2n) is 9.72. The maximum absolute atomic E-state index is 10.9. The molecule has 4 aliphatic heterocycles. The average molecular weight is 423 g/mol. The Labute approximate surface area is 182 Å². The van der Waals surface area contributed by atoms with Gasteiger partial charge in [-0.3, -0.25) is 0 Å². The minimum Gasteiger partial charge on any atom is -0.371 e. The summed E-state index contributed by atoms with van der Waals surface area (Å²) in [5.74, 6) is -3.95. The molecule has 0 aromatic heterocycles. The van der Waals surface area contributed by atoms with E-state index in [2.05, 4.69) is 22.0 Å². The lowest BCUT2D eigenvalue weighted by Gasteiger charge is -2.48. The summed E-state index contributed by atoms with van der Waals surface area (Å²) in [5.41, 5.74) is 5.49. The number of rotatable bonds is 2. The molecule has 0 amide bonds. The van der Waals surface area contributed by atoms with Crippen molar-refractivity contribution in [3.8, 4) is 0 Å². The van der Waals surface area contributed by atoms with Gasteiger partial charge in [-0.1, -0.05) is 24.3 Å². The zero-order valence-corrected chi connectivity index (χ0v) is 17.7. The summed E-state index contributed by atoms with van der Waals surface area (Å²) in [5, 5.41) is 43.6. The van der Waals surface area contributed by atoms with E-state index in [4.69, 9.17) is 0 Å². The highest BCUT2D eigenvalue weighted by Crippen LogP contribution is 2.49. The fraction of sp³-hybridized carbons (Fsp3) is 0.520. The zero-order valence-electron chi connectivity index (χ0n) is 17.7. The predicted octanol–water partition coefficient (Wildman–Crippen LogP) is 1.69. The van der Waals surface area contributed by atoms with Gasteiger partial charge in [0, 0.05) is 48.7 Å². The van der Waals surface area contributed by atoms with E-state index < -0.39 is 11.6 Å². The van der Waals surface area contributed by atoms with E-state index in [0.29, 0.717) is 17.6 Å². The number of hydrogen-bond donors (Lipinski definition) is 4. The molecule has 0 aromatic rings. The SMILES string of the molecule is OC1(O)C=CC2=CCCN3CCC(CC4CCN5CCC=C6C=CC(O)(O)C4=C65)C1=C23. The Balaban J connectivity index is 1.40. The number of nitrogens with zero attached hydrogens (tertiary/aromatic N) is 2. The molecule has 0 spiro atoms. The molecule has 2 aliphatic carbocycles. The van der Waals surface area contributed by atoms with Crippen molar-refractivity contribution in [1.82, 2.24) is 9.80 Å². The molecular formula is C25H30N2O4. The van der Waals surface area contributed by atoms with Crippen LogP contribution in [-0.2, 0) is 0 Å². The van der Waals surface area contributed by atoms with Crippen LogP contribution in [0.1, 0.15) is 32.1 Å². The Kier molecular flexibility index (Phi) is 4.22. The van der Waals surface area contributed by atoms with E-state index in [1.165, 1.54) is 12.2 Å². The molecule has 0 bridgehead atoms. The van der Waals surface area contributed by atoms with Crippen LogP contribution in [0.15, 0.2) is 70.1 Å². The van der Waals surface area contributed by atoms with Crippen molar-refractivity contribution < 1.29 is 20.4 Å². The molecule has 6 rings (SSSR count). The van der Waals surface area contributed by atoms with E-state index in [-0.39, 0.29) is 11.8 Å². The van der Waals surface area contributed by atoms with Crippen molar-refractivity contribution in [2.24, 2.45) is 11.8 Å². The van der Waals surface area contributed by atoms with E-state index >= 15 is 0 Å². The highest BCUT2D eigenvalue weighted by molar-refractivity contribution is 5.54. The summed E-state index contributed by atoms with van der Waals surface area (Å²) in [6, 6.07) is 0. The summed E-state index contributed by atoms with van der Waals surface area (Å²) < 4.78 is 0. The van der Waals surface area contributed by atoms with Gasteiger partial charge in [0.05, 0.1) is 0 Å². The maximum Gasteiger partial charge on any atom is 0.208 e. The van der Waals surface area contributed by atoms with Crippen molar-refractivity contribution in [2.45, 2.75) is 43.7 Å². The molecule has 6 aliphatic rings. The van der Waals surface area contributed by atoms with Gasteiger partial charge in [0.15, 0.2) is 0 Å². The molecule has 6 heteroatoms. The second-order valence-corrected chi connectivity index (χ2v) is 9.72. The highest BCUT2D eigenvalue weighted by Gasteiger charge is 2.47. The van der Waals surface area contributed by atoms with Gasteiger partial charge in [0.2, 0.25) is 11.6 Å². The van der Waals surface area contributed by atoms with Crippen LogP contribution < -0.4 is 0 Å². The van der Waals surface area contributed by atoms with Crippen molar-refractivity contribution >= 4 is 0 Å². The van der Waals surface area contributed by atoms with E-state index in [0.717, 1.165) is 74.4 Å². The van der Waals surface area contributed by atoms with Crippen LogP contribution in [0.3, 0.4) is 0 Å². The van der Waals surface area contributed by atoms with Gasteiger partial charge < -0.3 is 30.2 Å². The van der Waals surface area contributed by atoms with Crippen LogP contribution >= 0.6 is 0 Å². The van der Waals surface area contributed by atoms with Crippen LogP contribution in [0.25, 0.3) is 0 Å². The first-order chi connectivity index (χ1) is 14.9. The standard InChI is InChI=1S/C25H30N2O4/c28-24(29)9-5-16-3-1-11-26-13-7-18(20(24)22(16)26)15-19-8-14-27-12-2-4-17-6-10-25(30,31)21(19)23(17)27/h3-6,9-10,18-19,28-31H,1-2,7-8,11-15H2. The van der Waals surface area contributed by atoms with Crippen molar-refractivity contribution in [1.29, 1.82) is 0 Å². The van der Waals surface area contributed by atoms with Gasteiger partial charge in [-0.15, -0.1) is 0 Å². The Bertz CT molecular complexity index is 931. The van der Waals surface area contributed by atoms with Gasteiger partial charge in [-0.05, 0) is 67.2 Å². The Morgan fingerprint density at radius 2 is 1.16 bits per heavy atom. The molecule has 6 nitrogen and oxygen atoms in total. The highest BCUT2D eigenvalue weighted by atomic mass is 16.5. The fourth-order valence-corrected chi connectivity index (χ4v) is 6.58. The lowest BCUT2D eigenvalue weighted by Crippen LogP contribution is -2.48. The quantitative estimate of drug-likeness (QED) is 0.507. The third-order valence-corrected chi connectivity index (χ3v) is 7.88. The number of hydrogen-bond acceptors (Lipinski definition) is 6. The summed E-state index contributed by atoms with van der Waals surface area (Å²) >= 11 is 0. The van der Waals surface area contributed by atoms with Gasteiger partial charge >= 0.3 is 0 Å². The Morgan fingerprint density at radius 3 is 1.61 bits per heavy atom. The first kappa shape index (κ1) is 19.6. The lowest BCUT2D eigenvalue weighted by molar-refractivity contribution is -0.103. The molecule has 4 heterocycles. The van der Waals surface area contributed by atoms with E-state index in [1.54, 1.807) is 0 Å². The topological polar surface area (TPSA) is 87.4 Å². The first-order valence-electron chi connectivity index (χ1n) is 11.5. The van der Waals surface area contributed by atoms with Gasteiger partial charge in [-0.25, -0.2) is 0 Å². The van der Waals surface area contributed by atoms with Crippen LogP contribution in [0.5, 0.6) is 0 Å². The van der Waals surface area contributed by atoms with Crippen molar-refractivity contribution in [3.05, 3.63) is 70.1 Å². The summed E-state index contributed by atoms with van der Waals surface area (Å²) in [7, 11) is 0. The minimum atomic E-state index is -1.95. The van der Waals surface area contributed by atoms with E-state index in [1.807, 2.05) is 12.2 Å². The molecule has 0 fully saturated rings. The first-order valence-corrected chi connectivity index (χ1v) is 11.5. The van der Waals surface area contributed by atoms with Gasteiger partial charge in [0.1, 0.15) is 0 Å². The minimum absolute atomic E-state index is 0.0184. The molecule has 0 radical (unpaired) electrons. The molecular weight excluding hydrogens is 392 g/mol. The smallest absolute Gasteiger partial charge is 0.208 e. The van der Waals surface area contributed by atoms with Crippen molar-refractivity contribution in [2.75, 3.05) is 26.2 Å². The molecule has 0 aromatic carbocycles. The Morgan fingerprint density at radius 1 is 0.710 bits per heavy atom. The molecule has 2 unspecified atom stereocenters. The lowest BCUT2D eigenvalue weighted by atomic mass is 9.70. The molecule has 31 heavy (non-hydrogen) atoms. The largest absolute Gasteiger partial charge is 0.371 e. The molecule has 0 saturated heterocycles. The van der Waals surface area contributed by atoms with Crippen molar-refractivity contribution in [3.63, 3.8) is 0 Å². The van der Waals surface area contributed by atoms with Crippen LogP contribution in [0, 0.1) is 11.8 Å². The van der Waals surface area contributed by atoms with Crippen LogP contribution in [0.2, 0.25) is 0 Å². The Hall–Kier alpha value is -2.12. The zero-order chi connectivity index (χ0) is 21.4. The van der Waals surface area contributed by atoms with Crippen LogP contribution in [-0.4, -0.2) is 68.0 Å². The molecule has 2 atom stereocenters. The fourth-order valence-electron chi connectivity index (χ4n) is 6.58. The second kappa shape index (κ2) is 6.69. The number of aliphatic hydroxyl groups is 4. The average Bonchev–Trinajstić information content (AvgIpc) is 2.75. The third-order valence-electron chi connectivity index (χ3n) is 7.88. The van der Waals surface area contributed by atoms with E-state index in [9.17, 15) is 20.4 Å². The maximum atomic E-state index is 10.9. The number of allylic oxidation sites excluding steroid dienone is 2. The van der Waals surface area contributed by atoms with Gasteiger partial charge in [-0.2, -0.15) is 0 Å². The predicted molar refractivity (Wildman–Crippen MR) is 116 cm³/mol. The summed E-state index contributed by atoms with van der Waals surface area (Å²) in [6.45, 7) is 3.60. The van der Waals surface area contributed by atoms with Gasteiger partial charge in [0.25, 0.3) is 0 Å². The molecule has 4 N–H and O–H groups in total.